The van der Waals surface area contributed by atoms with Gasteiger partial charge in [-0.25, -0.2) is 4.68 Å². The first-order valence-electron chi connectivity index (χ1n) is 5.10. The van der Waals surface area contributed by atoms with Crippen LogP contribution in [0.5, 0.6) is 11.6 Å². The lowest BCUT2D eigenvalue weighted by molar-refractivity contribution is -0.121. The predicted octanol–water partition coefficient (Wildman–Crippen LogP) is 1.53. The number of carbonyl (C=O) groups is 1. The lowest BCUT2D eigenvalue weighted by Gasteiger charge is -2.05. The molecule has 0 bridgehead atoms. The Morgan fingerprint density at radius 2 is 2.12 bits per heavy atom. The molecule has 17 heavy (non-hydrogen) atoms. The number of ether oxygens (including phenoxy) is 2. The first-order chi connectivity index (χ1) is 8.31. The van der Waals surface area contributed by atoms with Gasteiger partial charge in [0.15, 0.2) is 0 Å². The molecule has 0 spiro atoms. The van der Waals surface area contributed by atoms with Crippen LogP contribution in [0.2, 0.25) is 0 Å². The fraction of sp³-hybridized carbons (Fsp3) is 0.167. The van der Waals surface area contributed by atoms with Gasteiger partial charge in [-0.1, -0.05) is 30.3 Å². The Balaban J connectivity index is 2.06. The highest BCUT2D eigenvalue weighted by atomic mass is 16.6. The van der Waals surface area contributed by atoms with Crippen molar-refractivity contribution in [2.75, 3.05) is 0 Å². The Morgan fingerprint density at radius 1 is 1.35 bits per heavy atom. The van der Waals surface area contributed by atoms with Crippen LogP contribution in [0, 0.1) is 0 Å². The summed E-state index contributed by atoms with van der Waals surface area (Å²) in [7, 11) is 1.67. The van der Waals surface area contributed by atoms with E-state index in [9.17, 15) is 4.79 Å². The van der Waals surface area contributed by atoms with Crippen LogP contribution in [0.3, 0.4) is 0 Å². The molecule has 0 atom stereocenters. The van der Waals surface area contributed by atoms with E-state index in [0.717, 1.165) is 5.56 Å². The molecular weight excluding hydrogens is 220 g/mol. The molecule has 0 aliphatic rings. The molecule has 1 heterocycles. The first-order valence-corrected chi connectivity index (χ1v) is 5.10. The number of aryl methyl sites for hydroxylation is 1. The van der Waals surface area contributed by atoms with Crippen LogP contribution >= 0.6 is 0 Å². The smallest absolute Gasteiger partial charge is 0.299 e. The van der Waals surface area contributed by atoms with E-state index in [1.54, 1.807) is 7.05 Å². The SMILES string of the molecule is Cn1ncc(OCc2ccccc2)c1OC=O. The standard InChI is InChI=1S/C12H12N2O3/c1-14-12(17-9-15)11(7-13-14)16-8-10-5-3-2-4-6-10/h2-7,9H,8H2,1H3. The highest BCUT2D eigenvalue weighted by Crippen LogP contribution is 2.26. The average Bonchev–Trinajstić information content (AvgIpc) is 2.70. The summed E-state index contributed by atoms with van der Waals surface area (Å²) in [6.07, 6.45) is 1.52. The summed E-state index contributed by atoms with van der Waals surface area (Å²) < 4.78 is 11.8. The van der Waals surface area contributed by atoms with Gasteiger partial charge in [-0.3, -0.25) is 4.79 Å². The molecule has 1 aromatic heterocycles. The van der Waals surface area contributed by atoms with E-state index in [1.165, 1.54) is 10.9 Å². The Bertz CT molecular complexity index is 494. The third kappa shape index (κ3) is 2.63. The summed E-state index contributed by atoms with van der Waals surface area (Å²) in [6, 6.07) is 9.72. The van der Waals surface area contributed by atoms with Gasteiger partial charge in [0.2, 0.25) is 5.75 Å². The van der Waals surface area contributed by atoms with Crippen LogP contribution in [-0.4, -0.2) is 16.3 Å². The van der Waals surface area contributed by atoms with Gasteiger partial charge in [0, 0.05) is 7.05 Å². The summed E-state index contributed by atoms with van der Waals surface area (Å²) in [5, 5.41) is 3.96. The molecule has 0 aliphatic carbocycles. The second-order valence-corrected chi connectivity index (χ2v) is 3.43. The molecule has 0 amide bonds. The summed E-state index contributed by atoms with van der Waals surface area (Å²) >= 11 is 0. The molecule has 5 nitrogen and oxygen atoms in total. The van der Waals surface area contributed by atoms with Crippen molar-refractivity contribution in [1.82, 2.24) is 9.78 Å². The molecule has 88 valence electrons. The van der Waals surface area contributed by atoms with Crippen molar-refractivity contribution in [2.45, 2.75) is 6.61 Å². The number of benzene rings is 1. The van der Waals surface area contributed by atoms with E-state index in [1.807, 2.05) is 30.3 Å². The molecule has 0 fully saturated rings. The maximum absolute atomic E-state index is 10.3. The quantitative estimate of drug-likeness (QED) is 0.734. The predicted molar refractivity (Wildman–Crippen MR) is 60.7 cm³/mol. The van der Waals surface area contributed by atoms with Crippen LogP contribution < -0.4 is 9.47 Å². The minimum Gasteiger partial charge on any atom is -0.482 e. The van der Waals surface area contributed by atoms with Gasteiger partial charge in [-0.2, -0.15) is 5.10 Å². The Morgan fingerprint density at radius 3 is 2.82 bits per heavy atom. The topological polar surface area (TPSA) is 53.4 Å². The molecule has 2 rings (SSSR count). The largest absolute Gasteiger partial charge is 0.482 e. The third-order valence-electron chi connectivity index (χ3n) is 2.25. The molecule has 0 saturated heterocycles. The minimum absolute atomic E-state index is 0.302. The summed E-state index contributed by atoms with van der Waals surface area (Å²) in [4.78, 5) is 10.3. The number of aromatic nitrogens is 2. The zero-order valence-electron chi connectivity index (χ0n) is 9.37. The monoisotopic (exact) mass is 232 g/mol. The van der Waals surface area contributed by atoms with Crippen molar-refractivity contribution in [2.24, 2.45) is 7.05 Å². The Kier molecular flexibility index (Phi) is 3.40. The normalized spacial score (nSPS) is 9.94. The second-order valence-electron chi connectivity index (χ2n) is 3.43. The molecule has 0 N–H and O–H groups in total. The zero-order valence-corrected chi connectivity index (χ0v) is 9.37. The molecule has 2 aromatic rings. The van der Waals surface area contributed by atoms with Gasteiger partial charge < -0.3 is 9.47 Å². The number of carbonyl (C=O) groups excluding carboxylic acids is 1. The van der Waals surface area contributed by atoms with Gasteiger partial charge in [0.25, 0.3) is 12.4 Å². The summed E-state index contributed by atoms with van der Waals surface area (Å²) in [5.41, 5.74) is 1.04. The van der Waals surface area contributed by atoms with Crippen LogP contribution in [0.4, 0.5) is 0 Å². The molecule has 0 aliphatic heterocycles. The van der Waals surface area contributed by atoms with Crippen molar-refractivity contribution in [1.29, 1.82) is 0 Å². The van der Waals surface area contributed by atoms with Crippen molar-refractivity contribution in [3.8, 4) is 11.6 Å². The molecule has 0 unspecified atom stereocenters. The number of rotatable bonds is 5. The first kappa shape index (κ1) is 11.2. The number of hydrogen-bond acceptors (Lipinski definition) is 4. The lowest BCUT2D eigenvalue weighted by atomic mass is 10.2. The number of nitrogens with zero attached hydrogens (tertiary/aromatic N) is 2. The maximum Gasteiger partial charge on any atom is 0.299 e. The van der Waals surface area contributed by atoms with Gasteiger partial charge >= 0.3 is 0 Å². The van der Waals surface area contributed by atoms with Crippen LogP contribution in [0.25, 0.3) is 0 Å². The van der Waals surface area contributed by atoms with E-state index in [0.29, 0.717) is 24.7 Å². The Hall–Kier alpha value is -2.30. The highest BCUT2D eigenvalue weighted by molar-refractivity contribution is 5.47. The summed E-state index contributed by atoms with van der Waals surface area (Å²) in [5.74, 6) is 0.749. The molecule has 5 heteroatoms. The maximum atomic E-state index is 10.3. The van der Waals surface area contributed by atoms with E-state index in [2.05, 4.69) is 5.10 Å². The number of hydrogen-bond donors (Lipinski definition) is 0. The van der Waals surface area contributed by atoms with E-state index >= 15 is 0 Å². The van der Waals surface area contributed by atoms with Crippen molar-refractivity contribution in [3.63, 3.8) is 0 Å². The van der Waals surface area contributed by atoms with Gasteiger partial charge in [-0.05, 0) is 5.56 Å². The van der Waals surface area contributed by atoms with Crippen molar-refractivity contribution < 1.29 is 14.3 Å². The van der Waals surface area contributed by atoms with Crippen molar-refractivity contribution >= 4 is 6.47 Å². The van der Waals surface area contributed by atoms with E-state index in [4.69, 9.17) is 9.47 Å². The fourth-order valence-electron chi connectivity index (χ4n) is 1.42. The molecule has 1 aromatic carbocycles. The average molecular weight is 232 g/mol. The van der Waals surface area contributed by atoms with Crippen LogP contribution in [0.1, 0.15) is 5.56 Å². The fourth-order valence-corrected chi connectivity index (χ4v) is 1.42. The Labute approximate surface area is 98.6 Å². The third-order valence-corrected chi connectivity index (χ3v) is 2.25. The molecular formula is C12H12N2O3. The second kappa shape index (κ2) is 5.16. The molecule has 0 radical (unpaired) electrons. The van der Waals surface area contributed by atoms with Gasteiger partial charge in [0.1, 0.15) is 6.61 Å². The van der Waals surface area contributed by atoms with Crippen molar-refractivity contribution in [3.05, 3.63) is 42.1 Å². The minimum atomic E-state index is 0.302. The van der Waals surface area contributed by atoms with E-state index < -0.39 is 0 Å². The molecule has 0 saturated carbocycles. The lowest BCUT2D eigenvalue weighted by Crippen LogP contribution is -2.00. The summed E-state index contributed by atoms with van der Waals surface area (Å²) in [6.45, 7) is 0.758. The van der Waals surface area contributed by atoms with Crippen LogP contribution in [-0.2, 0) is 18.4 Å². The van der Waals surface area contributed by atoms with Gasteiger partial charge in [0.05, 0.1) is 6.20 Å². The van der Waals surface area contributed by atoms with Gasteiger partial charge in [-0.15, -0.1) is 0 Å². The zero-order chi connectivity index (χ0) is 12.1. The highest BCUT2D eigenvalue weighted by Gasteiger charge is 2.11. The van der Waals surface area contributed by atoms with E-state index in [-0.39, 0.29) is 0 Å². The van der Waals surface area contributed by atoms with Crippen LogP contribution in [0.15, 0.2) is 36.5 Å².